The number of nitrogens with two attached hydrogens (primary N) is 1. The van der Waals surface area contributed by atoms with E-state index in [1.165, 1.54) is 0 Å². The van der Waals surface area contributed by atoms with Gasteiger partial charge in [-0.1, -0.05) is 35.9 Å². The first-order valence-corrected chi connectivity index (χ1v) is 6.84. The molecule has 0 fully saturated rings. The van der Waals surface area contributed by atoms with E-state index in [2.05, 4.69) is 21.2 Å². The predicted octanol–water partition coefficient (Wildman–Crippen LogP) is 4.21. The Morgan fingerprint density at radius 3 is 2.61 bits per heavy atom. The van der Waals surface area contributed by atoms with Gasteiger partial charge in [0.2, 0.25) is 0 Å². The Balaban J connectivity index is 2.23. The van der Waals surface area contributed by atoms with Crippen molar-refractivity contribution in [2.24, 2.45) is 5.73 Å². The summed E-state index contributed by atoms with van der Waals surface area (Å²) in [6.07, 6.45) is 0. The van der Waals surface area contributed by atoms with E-state index >= 15 is 0 Å². The molecule has 0 amide bonds. The third-order valence-electron chi connectivity index (χ3n) is 2.69. The Hall–Kier alpha value is -1.03. The number of rotatable bonds is 4. The van der Waals surface area contributed by atoms with Crippen LogP contribution in [0, 0.1) is 0 Å². The number of para-hydroxylation sites is 1. The van der Waals surface area contributed by atoms with Crippen LogP contribution in [-0.4, -0.2) is 6.54 Å². The molecule has 3 N–H and O–H groups in total. The van der Waals surface area contributed by atoms with Crippen molar-refractivity contribution in [2.75, 3.05) is 11.9 Å². The molecule has 0 saturated heterocycles. The molecule has 2 rings (SSSR count). The average molecular weight is 326 g/mol. The normalized spacial score (nSPS) is 12.2. The van der Waals surface area contributed by atoms with Crippen LogP contribution in [0.1, 0.15) is 11.6 Å². The summed E-state index contributed by atoms with van der Waals surface area (Å²) < 4.78 is 1.02. The zero-order chi connectivity index (χ0) is 13.0. The van der Waals surface area contributed by atoms with Crippen LogP contribution in [0.25, 0.3) is 0 Å². The molecule has 0 radical (unpaired) electrons. The molecular formula is C14H14BrClN2. The SMILES string of the molecule is NCC(Nc1ccccc1Br)c1cccc(Cl)c1. The predicted molar refractivity (Wildman–Crippen MR) is 81.0 cm³/mol. The van der Waals surface area contributed by atoms with Crippen molar-refractivity contribution in [3.8, 4) is 0 Å². The average Bonchev–Trinajstić information content (AvgIpc) is 2.38. The van der Waals surface area contributed by atoms with Gasteiger partial charge in [-0.05, 0) is 45.8 Å². The summed E-state index contributed by atoms with van der Waals surface area (Å²) in [7, 11) is 0. The number of nitrogens with one attached hydrogen (secondary N) is 1. The molecule has 0 aliphatic rings. The molecule has 0 saturated carbocycles. The van der Waals surface area contributed by atoms with Gasteiger partial charge in [-0.2, -0.15) is 0 Å². The standard InChI is InChI=1S/C14H14BrClN2/c15-12-6-1-2-7-13(12)18-14(9-17)10-4-3-5-11(16)8-10/h1-8,14,18H,9,17H2. The molecule has 2 aromatic rings. The van der Waals surface area contributed by atoms with Crippen LogP contribution in [-0.2, 0) is 0 Å². The Labute approximate surface area is 120 Å². The Bertz CT molecular complexity index is 531. The fourth-order valence-corrected chi connectivity index (χ4v) is 2.37. The second-order valence-corrected chi connectivity index (χ2v) is 5.26. The third-order valence-corrected chi connectivity index (χ3v) is 3.62. The van der Waals surface area contributed by atoms with Crippen molar-refractivity contribution in [2.45, 2.75) is 6.04 Å². The topological polar surface area (TPSA) is 38.0 Å². The van der Waals surface area contributed by atoms with Gasteiger partial charge in [0, 0.05) is 21.7 Å². The fourth-order valence-electron chi connectivity index (χ4n) is 1.77. The van der Waals surface area contributed by atoms with Gasteiger partial charge in [-0.25, -0.2) is 0 Å². The van der Waals surface area contributed by atoms with Crippen LogP contribution in [0.5, 0.6) is 0 Å². The maximum absolute atomic E-state index is 6.00. The van der Waals surface area contributed by atoms with Crippen molar-refractivity contribution in [3.05, 3.63) is 63.6 Å². The van der Waals surface area contributed by atoms with E-state index in [1.54, 1.807) is 0 Å². The zero-order valence-corrected chi connectivity index (χ0v) is 12.1. The summed E-state index contributed by atoms with van der Waals surface area (Å²) in [5.41, 5.74) is 7.94. The minimum Gasteiger partial charge on any atom is -0.376 e. The lowest BCUT2D eigenvalue weighted by Crippen LogP contribution is -2.20. The molecule has 1 atom stereocenters. The first kappa shape index (κ1) is 13.4. The lowest BCUT2D eigenvalue weighted by atomic mass is 10.1. The van der Waals surface area contributed by atoms with Crippen molar-refractivity contribution >= 4 is 33.2 Å². The maximum atomic E-state index is 6.00. The quantitative estimate of drug-likeness (QED) is 0.883. The lowest BCUT2D eigenvalue weighted by Gasteiger charge is -2.19. The van der Waals surface area contributed by atoms with Crippen LogP contribution in [0.4, 0.5) is 5.69 Å². The van der Waals surface area contributed by atoms with Gasteiger partial charge in [0.1, 0.15) is 0 Å². The van der Waals surface area contributed by atoms with Gasteiger partial charge < -0.3 is 11.1 Å². The Kier molecular flexibility index (Phi) is 4.64. The molecular weight excluding hydrogens is 312 g/mol. The van der Waals surface area contributed by atoms with Gasteiger partial charge >= 0.3 is 0 Å². The molecule has 0 aromatic heterocycles. The molecule has 18 heavy (non-hydrogen) atoms. The number of anilines is 1. The van der Waals surface area contributed by atoms with E-state index in [-0.39, 0.29) is 6.04 Å². The minimum atomic E-state index is 0.0439. The largest absolute Gasteiger partial charge is 0.376 e. The summed E-state index contributed by atoms with van der Waals surface area (Å²) >= 11 is 9.51. The first-order chi connectivity index (χ1) is 8.70. The molecule has 0 aliphatic heterocycles. The summed E-state index contributed by atoms with van der Waals surface area (Å²) in [4.78, 5) is 0. The summed E-state index contributed by atoms with van der Waals surface area (Å²) in [6, 6.07) is 15.8. The Morgan fingerprint density at radius 2 is 1.94 bits per heavy atom. The first-order valence-electron chi connectivity index (χ1n) is 5.67. The number of halogens is 2. The van der Waals surface area contributed by atoms with E-state index in [9.17, 15) is 0 Å². The Morgan fingerprint density at radius 1 is 1.17 bits per heavy atom. The zero-order valence-electron chi connectivity index (χ0n) is 9.74. The highest BCUT2D eigenvalue weighted by Gasteiger charge is 2.10. The highest BCUT2D eigenvalue weighted by molar-refractivity contribution is 9.10. The van der Waals surface area contributed by atoms with Crippen LogP contribution in [0.2, 0.25) is 5.02 Å². The number of benzene rings is 2. The van der Waals surface area contributed by atoms with Crippen molar-refractivity contribution in [1.82, 2.24) is 0 Å². The van der Waals surface area contributed by atoms with E-state index in [4.69, 9.17) is 17.3 Å². The van der Waals surface area contributed by atoms with Crippen molar-refractivity contribution in [3.63, 3.8) is 0 Å². The molecule has 4 heteroatoms. The van der Waals surface area contributed by atoms with E-state index in [0.717, 1.165) is 20.7 Å². The van der Waals surface area contributed by atoms with Crippen LogP contribution in [0.3, 0.4) is 0 Å². The third kappa shape index (κ3) is 3.25. The molecule has 1 unspecified atom stereocenters. The summed E-state index contributed by atoms with van der Waals surface area (Å²) in [6.45, 7) is 0.502. The summed E-state index contributed by atoms with van der Waals surface area (Å²) in [5.74, 6) is 0. The molecule has 0 spiro atoms. The van der Waals surface area contributed by atoms with Crippen molar-refractivity contribution in [1.29, 1.82) is 0 Å². The van der Waals surface area contributed by atoms with Crippen LogP contribution >= 0.6 is 27.5 Å². The smallest absolute Gasteiger partial charge is 0.0637 e. The molecule has 94 valence electrons. The van der Waals surface area contributed by atoms with Crippen molar-refractivity contribution < 1.29 is 0 Å². The van der Waals surface area contributed by atoms with Gasteiger partial charge in [-0.3, -0.25) is 0 Å². The van der Waals surface area contributed by atoms with Gasteiger partial charge in [0.05, 0.1) is 6.04 Å². The van der Waals surface area contributed by atoms with E-state index < -0.39 is 0 Å². The fraction of sp³-hybridized carbons (Fsp3) is 0.143. The van der Waals surface area contributed by atoms with Gasteiger partial charge in [0.25, 0.3) is 0 Å². The van der Waals surface area contributed by atoms with Crippen LogP contribution in [0.15, 0.2) is 53.0 Å². The number of hydrogen-bond donors (Lipinski definition) is 2. The summed E-state index contributed by atoms with van der Waals surface area (Å²) in [5, 5.41) is 4.13. The lowest BCUT2D eigenvalue weighted by molar-refractivity contribution is 0.789. The van der Waals surface area contributed by atoms with Gasteiger partial charge in [-0.15, -0.1) is 0 Å². The molecule has 0 bridgehead atoms. The maximum Gasteiger partial charge on any atom is 0.0637 e. The number of hydrogen-bond acceptors (Lipinski definition) is 2. The molecule has 0 aliphatic carbocycles. The monoisotopic (exact) mass is 324 g/mol. The second kappa shape index (κ2) is 6.23. The van der Waals surface area contributed by atoms with E-state index in [1.807, 2.05) is 48.5 Å². The van der Waals surface area contributed by atoms with Gasteiger partial charge in [0.15, 0.2) is 0 Å². The molecule has 2 aromatic carbocycles. The highest BCUT2D eigenvalue weighted by Crippen LogP contribution is 2.26. The second-order valence-electron chi connectivity index (χ2n) is 3.97. The minimum absolute atomic E-state index is 0.0439. The van der Waals surface area contributed by atoms with Crippen LogP contribution < -0.4 is 11.1 Å². The van der Waals surface area contributed by atoms with E-state index in [0.29, 0.717) is 6.54 Å². The highest BCUT2D eigenvalue weighted by atomic mass is 79.9. The molecule has 0 heterocycles. The molecule has 2 nitrogen and oxygen atoms in total.